The van der Waals surface area contributed by atoms with Crippen LogP contribution in [-0.4, -0.2) is 10.9 Å². The first kappa shape index (κ1) is 15.9. The lowest BCUT2D eigenvalue weighted by molar-refractivity contribution is 0.0979. The van der Waals surface area contributed by atoms with Gasteiger partial charge in [-0.25, -0.2) is 0 Å². The molecule has 0 unspecified atom stereocenters. The van der Waals surface area contributed by atoms with E-state index < -0.39 is 0 Å². The molecule has 0 radical (unpaired) electrons. The Morgan fingerprint density at radius 3 is 2.11 bits per heavy atom. The van der Waals surface area contributed by atoms with Crippen molar-refractivity contribution in [2.24, 2.45) is 0 Å². The maximum absolute atomic E-state index is 11.9. The summed E-state index contributed by atoms with van der Waals surface area (Å²) in [5.41, 5.74) is 1.62. The Bertz CT molecular complexity index is 354. The number of Topliss-reactive ketones (excluding diaryl/α,β-unsaturated/α-hetero) is 1. The largest absolute Gasteiger partial charge is 0.392 e. The van der Waals surface area contributed by atoms with Gasteiger partial charge in [-0.2, -0.15) is 0 Å². The first-order chi connectivity index (χ1) is 9.27. The van der Waals surface area contributed by atoms with Gasteiger partial charge in [0.2, 0.25) is 0 Å². The summed E-state index contributed by atoms with van der Waals surface area (Å²) in [6.45, 7) is 2.26. The first-order valence-corrected chi connectivity index (χ1v) is 7.51. The molecule has 0 heterocycles. The Kier molecular flexibility index (Phi) is 8.15. The molecule has 106 valence electrons. The van der Waals surface area contributed by atoms with Crippen LogP contribution in [0.1, 0.15) is 74.2 Å². The van der Waals surface area contributed by atoms with Gasteiger partial charge in [0.25, 0.3) is 0 Å². The van der Waals surface area contributed by atoms with Crippen LogP contribution in [0, 0.1) is 0 Å². The van der Waals surface area contributed by atoms with Crippen molar-refractivity contribution < 1.29 is 9.90 Å². The molecule has 2 nitrogen and oxygen atoms in total. The molecule has 0 aliphatic carbocycles. The van der Waals surface area contributed by atoms with Gasteiger partial charge in [0.1, 0.15) is 0 Å². The van der Waals surface area contributed by atoms with Crippen LogP contribution in [-0.2, 0) is 6.61 Å². The molecule has 0 fully saturated rings. The Morgan fingerprint density at radius 2 is 1.53 bits per heavy atom. The second kappa shape index (κ2) is 9.74. The van der Waals surface area contributed by atoms with E-state index >= 15 is 0 Å². The summed E-state index contributed by atoms with van der Waals surface area (Å²) in [6.07, 6.45) is 9.28. The topological polar surface area (TPSA) is 37.3 Å². The van der Waals surface area contributed by atoms with E-state index in [1.807, 2.05) is 24.3 Å². The van der Waals surface area contributed by atoms with Crippen LogP contribution in [0.5, 0.6) is 0 Å². The lowest BCUT2D eigenvalue weighted by atomic mass is 10.0. The monoisotopic (exact) mass is 262 g/mol. The molecule has 0 amide bonds. The summed E-state index contributed by atoms with van der Waals surface area (Å²) in [7, 11) is 0. The lowest BCUT2D eigenvalue weighted by Gasteiger charge is -2.03. The predicted molar refractivity (Wildman–Crippen MR) is 79.3 cm³/mol. The van der Waals surface area contributed by atoms with Crippen molar-refractivity contribution in [1.29, 1.82) is 0 Å². The standard InChI is InChI=1S/C17H26O2/c1-2-3-4-5-6-7-8-9-17(19)16-12-10-15(14-18)11-13-16/h10-13,18H,2-9,14H2,1H3. The third-order valence-corrected chi connectivity index (χ3v) is 3.47. The minimum absolute atomic E-state index is 0.0340. The quantitative estimate of drug-likeness (QED) is 0.498. The molecule has 0 aliphatic rings. The fourth-order valence-corrected chi connectivity index (χ4v) is 2.18. The normalized spacial score (nSPS) is 10.6. The Labute approximate surface area is 116 Å². The van der Waals surface area contributed by atoms with Crippen LogP contribution in [0.2, 0.25) is 0 Å². The highest BCUT2D eigenvalue weighted by Gasteiger charge is 2.05. The molecule has 0 atom stereocenters. The predicted octanol–water partition coefficient (Wildman–Crippen LogP) is 4.50. The highest BCUT2D eigenvalue weighted by molar-refractivity contribution is 5.96. The van der Waals surface area contributed by atoms with E-state index in [4.69, 9.17) is 5.11 Å². The number of aliphatic hydroxyl groups is 1. The zero-order valence-corrected chi connectivity index (χ0v) is 12.0. The average molecular weight is 262 g/mol. The molecule has 0 aromatic heterocycles. The number of ketones is 1. The van der Waals surface area contributed by atoms with E-state index in [0.29, 0.717) is 6.42 Å². The van der Waals surface area contributed by atoms with Gasteiger partial charge in [-0.05, 0) is 12.0 Å². The van der Waals surface area contributed by atoms with Gasteiger partial charge in [-0.1, -0.05) is 69.7 Å². The minimum atomic E-state index is 0.0340. The summed E-state index contributed by atoms with van der Waals surface area (Å²) in [5, 5.41) is 8.94. The number of aliphatic hydroxyl groups excluding tert-OH is 1. The smallest absolute Gasteiger partial charge is 0.162 e. The van der Waals surface area contributed by atoms with Gasteiger partial charge in [0.05, 0.1) is 6.61 Å². The Balaban J connectivity index is 2.16. The third kappa shape index (κ3) is 6.53. The van der Waals surface area contributed by atoms with Crippen LogP contribution in [0.4, 0.5) is 0 Å². The molecule has 1 rings (SSSR count). The van der Waals surface area contributed by atoms with Gasteiger partial charge in [0, 0.05) is 12.0 Å². The summed E-state index contributed by atoms with van der Waals surface area (Å²) >= 11 is 0. The maximum Gasteiger partial charge on any atom is 0.162 e. The average Bonchev–Trinajstić information content (AvgIpc) is 2.46. The second-order valence-corrected chi connectivity index (χ2v) is 5.15. The molecule has 1 N–H and O–H groups in total. The number of benzene rings is 1. The van der Waals surface area contributed by atoms with Crippen LogP contribution in [0.15, 0.2) is 24.3 Å². The number of rotatable bonds is 10. The van der Waals surface area contributed by atoms with Crippen molar-refractivity contribution in [3.05, 3.63) is 35.4 Å². The number of carbonyl (C=O) groups is 1. The number of unbranched alkanes of at least 4 members (excludes halogenated alkanes) is 6. The van der Waals surface area contributed by atoms with E-state index in [0.717, 1.165) is 24.0 Å². The lowest BCUT2D eigenvalue weighted by Crippen LogP contribution is -1.99. The van der Waals surface area contributed by atoms with Crippen molar-refractivity contribution in [3.63, 3.8) is 0 Å². The van der Waals surface area contributed by atoms with E-state index in [2.05, 4.69) is 6.92 Å². The molecular formula is C17H26O2. The fraction of sp³-hybridized carbons (Fsp3) is 0.588. The highest BCUT2D eigenvalue weighted by atomic mass is 16.3. The molecule has 0 spiro atoms. The van der Waals surface area contributed by atoms with Crippen molar-refractivity contribution in [2.45, 2.75) is 64.9 Å². The zero-order valence-electron chi connectivity index (χ0n) is 12.0. The summed E-state index contributed by atoms with van der Waals surface area (Å²) in [4.78, 5) is 11.9. The van der Waals surface area contributed by atoms with Gasteiger partial charge < -0.3 is 5.11 Å². The first-order valence-electron chi connectivity index (χ1n) is 7.51. The molecule has 2 heteroatoms. The maximum atomic E-state index is 11.9. The fourth-order valence-electron chi connectivity index (χ4n) is 2.18. The summed E-state index contributed by atoms with van der Waals surface area (Å²) in [6, 6.07) is 7.26. The van der Waals surface area contributed by atoms with E-state index in [-0.39, 0.29) is 12.4 Å². The number of hydrogen-bond acceptors (Lipinski definition) is 2. The third-order valence-electron chi connectivity index (χ3n) is 3.47. The second-order valence-electron chi connectivity index (χ2n) is 5.15. The van der Waals surface area contributed by atoms with Crippen LogP contribution < -0.4 is 0 Å². The van der Waals surface area contributed by atoms with Crippen LogP contribution in [0.3, 0.4) is 0 Å². The van der Waals surface area contributed by atoms with Crippen molar-refractivity contribution in [1.82, 2.24) is 0 Å². The van der Waals surface area contributed by atoms with Crippen LogP contribution in [0.25, 0.3) is 0 Å². The van der Waals surface area contributed by atoms with E-state index in [1.54, 1.807) is 0 Å². The molecule has 0 aliphatic heterocycles. The molecule has 1 aromatic carbocycles. The van der Waals surface area contributed by atoms with Gasteiger partial charge >= 0.3 is 0 Å². The molecule has 1 aromatic rings. The molecule has 19 heavy (non-hydrogen) atoms. The highest BCUT2D eigenvalue weighted by Crippen LogP contribution is 2.12. The number of hydrogen-bond donors (Lipinski definition) is 1. The summed E-state index contributed by atoms with van der Waals surface area (Å²) < 4.78 is 0. The Morgan fingerprint density at radius 1 is 0.947 bits per heavy atom. The van der Waals surface area contributed by atoms with Gasteiger partial charge in [-0.3, -0.25) is 4.79 Å². The van der Waals surface area contributed by atoms with Gasteiger partial charge in [0.15, 0.2) is 5.78 Å². The van der Waals surface area contributed by atoms with E-state index in [1.165, 1.54) is 32.1 Å². The van der Waals surface area contributed by atoms with Gasteiger partial charge in [-0.15, -0.1) is 0 Å². The zero-order chi connectivity index (χ0) is 13.9. The molecule has 0 bridgehead atoms. The SMILES string of the molecule is CCCCCCCCCC(=O)c1ccc(CO)cc1. The summed E-state index contributed by atoms with van der Waals surface area (Å²) in [5.74, 6) is 0.220. The molecular weight excluding hydrogens is 236 g/mol. The van der Waals surface area contributed by atoms with Crippen LogP contribution >= 0.6 is 0 Å². The molecule has 0 saturated heterocycles. The number of carbonyl (C=O) groups excluding carboxylic acids is 1. The molecule has 0 saturated carbocycles. The van der Waals surface area contributed by atoms with Crippen molar-refractivity contribution in [3.8, 4) is 0 Å². The van der Waals surface area contributed by atoms with E-state index in [9.17, 15) is 4.79 Å². The Hall–Kier alpha value is -1.15. The van der Waals surface area contributed by atoms with Crippen molar-refractivity contribution >= 4 is 5.78 Å². The minimum Gasteiger partial charge on any atom is -0.392 e. The van der Waals surface area contributed by atoms with Crippen molar-refractivity contribution in [2.75, 3.05) is 0 Å².